The molecule has 0 aromatic rings. The Balaban J connectivity index is 3.24. The van der Waals surface area contributed by atoms with Crippen molar-refractivity contribution in [2.45, 2.75) is 64.6 Å². The molecular weight excluding hydrogens is 352 g/mol. The van der Waals surface area contributed by atoms with E-state index in [1.807, 2.05) is 0 Å². The normalized spacial score (nSPS) is 27.8. The summed E-state index contributed by atoms with van der Waals surface area (Å²) in [5.41, 5.74) is 0. The number of carbonyl (C=O) groups is 5. The molecule has 10 heteroatoms. The molecule has 0 amide bonds. The minimum absolute atomic E-state index is 0.181. The lowest BCUT2D eigenvalue weighted by molar-refractivity contribution is -0.252. The Bertz CT molecular complexity index is 557. The van der Waals surface area contributed by atoms with Crippen molar-refractivity contribution < 1.29 is 47.7 Å². The van der Waals surface area contributed by atoms with Gasteiger partial charge in [0.2, 0.25) is 0 Å². The molecule has 1 rings (SSSR count). The van der Waals surface area contributed by atoms with Crippen LogP contribution in [0.15, 0.2) is 0 Å². The topological polar surface area (TPSA) is 132 Å². The van der Waals surface area contributed by atoms with E-state index < -0.39 is 54.4 Å². The van der Waals surface area contributed by atoms with Crippen molar-refractivity contribution >= 4 is 30.2 Å². The summed E-state index contributed by atoms with van der Waals surface area (Å²) in [6.45, 7) is 4.26. The Hall–Kier alpha value is -2.49. The third-order valence-electron chi connectivity index (χ3n) is 3.42. The van der Waals surface area contributed by atoms with E-state index in [4.69, 9.17) is 23.7 Å². The Morgan fingerprint density at radius 3 is 1.65 bits per heavy atom. The van der Waals surface area contributed by atoms with Crippen LogP contribution in [-0.2, 0) is 47.7 Å². The van der Waals surface area contributed by atoms with E-state index in [0.29, 0.717) is 6.29 Å². The van der Waals surface area contributed by atoms with Gasteiger partial charge in [-0.05, 0) is 0 Å². The monoisotopic (exact) mass is 374 g/mol. The lowest BCUT2D eigenvalue weighted by atomic mass is 9.93. The molecule has 1 fully saturated rings. The van der Waals surface area contributed by atoms with Gasteiger partial charge in [0.05, 0.1) is 0 Å². The average Bonchev–Trinajstić information content (AvgIpc) is 2.50. The number of hydrogen-bond donors (Lipinski definition) is 0. The molecule has 5 atom stereocenters. The number of aldehydes is 1. The first-order valence-corrected chi connectivity index (χ1v) is 7.89. The maximum absolute atomic E-state index is 11.5. The van der Waals surface area contributed by atoms with E-state index in [0.717, 1.165) is 20.8 Å². The lowest BCUT2D eigenvalue weighted by Gasteiger charge is -2.44. The molecule has 1 aliphatic heterocycles. The third kappa shape index (κ3) is 6.43. The summed E-state index contributed by atoms with van der Waals surface area (Å²) >= 11 is 0. The van der Waals surface area contributed by atoms with Crippen molar-refractivity contribution in [3.05, 3.63) is 0 Å². The summed E-state index contributed by atoms with van der Waals surface area (Å²) in [7, 11) is 0. The highest BCUT2D eigenvalue weighted by molar-refractivity contribution is 5.69. The highest BCUT2D eigenvalue weighted by Crippen LogP contribution is 2.30. The number of carbonyl (C=O) groups excluding carboxylic acids is 5. The fourth-order valence-electron chi connectivity index (χ4n) is 2.60. The van der Waals surface area contributed by atoms with Gasteiger partial charge in [0.15, 0.2) is 18.3 Å². The predicted octanol–water partition coefficient (Wildman–Crippen LogP) is -0.299. The summed E-state index contributed by atoms with van der Waals surface area (Å²) in [5.74, 6) is -2.73. The first-order chi connectivity index (χ1) is 12.1. The molecule has 0 N–H and O–H groups in total. The van der Waals surface area contributed by atoms with Crippen LogP contribution >= 0.6 is 0 Å². The molecule has 0 saturated carbocycles. The van der Waals surface area contributed by atoms with Gasteiger partial charge in [0, 0.05) is 34.1 Å². The van der Waals surface area contributed by atoms with Crippen molar-refractivity contribution in [1.29, 1.82) is 0 Å². The van der Waals surface area contributed by atoms with Crippen LogP contribution in [0.3, 0.4) is 0 Å². The molecular formula is C16H22O10. The summed E-state index contributed by atoms with van der Waals surface area (Å²) in [6, 6.07) is 0. The Kier molecular flexibility index (Phi) is 8.17. The largest absolute Gasteiger partial charge is 0.463 e. The second-order valence-electron chi connectivity index (χ2n) is 5.64. The van der Waals surface area contributed by atoms with Crippen LogP contribution in [0.25, 0.3) is 0 Å². The molecule has 0 spiro atoms. The molecule has 1 saturated heterocycles. The SMILES string of the molecule is CC(=O)OCC1OC(CC=O)C(OC(C)=O)C(OC(C)=O)C1OC(C)=O. The molecule has 5 unspecified atom stereocenters. The summed E-state index contributed by atoms with van der Waals surface area (Å²) in [5, 5.41) is 0. The van der Waals surface area contributed by atoms with Crippen LogP contribution in [0.2, 0.25) is 0 Å². The van der Waals surface area contributed by atoms with Crippen LogP contribution in [0, 0.1) is 0 Å². The van der Waals surface area contributed by atoms with E-state index in [-0.39, 0.29) is 13.0 Å². The van der Waals surface area contributed by atoms with Gasteiger partial charge in [-0.25, -0.2) is 0 Å². The maximum Gasteiger partial charge on any atom is 0.303 e. The van der Waals surface area contributed by atoms with Gasteiger partial charge < -0.3 is 28.5 Å². The highest BCUT2D eigenvalue weighted by atomic mass is 16.7. The van der Waals surface area contributed by atoms with E-state index in [1.165, 1.54) is 6.92 Å². The first-order valence-electron chi connectivity index (χ1n) is 7.89. The van der Waals surface area contributed by atoms with Crippen LogP contribution in [0.1, 0.15) is 34.1 Å². The first kappa shape index (κ1) is 21.6. The summed E-state index contributed by atoms with van der Waals surface area (Å²) in [6.07, 6.45) is -5.26. The molecule has 0 aromatic carbocycles. The third-order valence-corrected chi connectivity index (χ3v) is 3.42. The van der Waals surface area contributed by atoms with Crippen molar-refractivity contribution in [1.82, 2.24) is 0 Å². The zero-order chi connectivity index (χ0) is 19.9. The van der Waals surface area contributed by atoms with Gasteiger partial charge in [-0.1, -0.05) is 0 Å². The number of rotatable bonds is 7. The standard InChI is InChI=1S/C16H22O10/c1-8(18)22-7-13-15(24-10(3)20)16(25-11(4)21)14(23-9(2)19)12(26-13)5-6-17/h6,12-16H,5,7H2,1-4H3. The number of esters is 4. The van der Waals surface area contributed by atoms with E-state index >= 15 is 0 Å². The maximum atomic E-state index is 11.5. The predicted molar refractivity (Wildman–Crippen MR) is 82.6 cm³/mol. The van der Waals surface area contributed by atoms with Gasteiger partial charge in [-0.3, -0.25) is 19.2 Å². The second-order valence-corrected chi connectivity index (χ2v) is 5.64. The lowest BCUT2D eigenvalue weighted by Crippen LogP contribution is -2.62. The fraction of sp³-hybridized carbons (Fsp3) is 0.688. The fourth-order valence-corrected chi connectivity index (χ4v) is 2.60. The van der Waals surface area contributed by atoms with E-state index in [1.54, 1.807) is 0 Å². The van der Waals surface area contributed by atoms with Gasteiger partial charge >= 0.3 is 23.9 Å². The summed E-state index contributed by atoms with van der Waals surface area (Å²) in [4.78, 5) is 56.5. The van der Waals surface area contributed by atoms with Crippen LogP contribution in [0.4, 0.5) is 0 Å². The molecule has 1 aliphatic rings. The molecule has 10 nitrogen and oxygen atoms in total. The van der Waals surface area contributed by atoms with E-state index in [9.17, 15) is 24.0 Å². The Labute approximate surface area is 150 Å². The van der Waals surface area contributed by atoms with Crippen molar-refractivity contribution in [3.8, 4) is 0 Å². The summed E-state index contributed by atoms with van der Waals surface area (Å²) < 4.78 is 26.1. The van der Waals surface area contributed by atoms with Crippen molar-refractivity contribution in [2.75, 3.05) is 6.61 Å². The van der Waals surface area contributed by atoms with Crippen LogP contribution < -0.4 is 0 Å². The van der Waals surface area contributed by atoms with E-state index in [2.05, 4.69) is 0 Å². The van der Waals surface area contributed by atoms with Crippen molar-refractivity contribution in [2.24, 2.45) is 0 Å². The second kappa shape index (κ2) is 9.85. The van der Waals surface area contributed by atoms with Crippen molar-refractivity contribution in [3.63, 3.8) is 0 Å². The molecule has 0 aliphatic carbocycles. The highest BCUT2D eigenvalue weighted by Gasteiger charge is 2.51. The Morgan fingerprint density at radius 2 is 1.23 bits per heavy atom. The van der Waals surface area contributed by atoms with Gasteiger partial charge in [-0.15, -0.1) is 0 Å². The Morgan fingerprint density at radius 1 is 0.769 bits per heavy atom. The zero-order valence-electron chi connectivity index (χ0n) is 15.0. The quantitative estimate of drug-likeness (QED) is 0.332. The minimum Gasteiger partial charge on any atom is -0.463 e. The molecule has 146 valence electrons. The minimum atomic E-state index is -1.24. The molecule has 26 heavy (non-hydrogen) atoms. The van der Waals surface area contributed by atoms with Crippen LogP contribution in [0.5, 0.6) is 0 Å². The molecule has 0 aromatic heterocycles. The average molecular weight is 374 g/mol. The zero-order valence-corrected chi connectivity index (χ0v) is 15.0. The smallest absolute Gasteiger partial charge is 0.303 e. The molecule has 0 radical (unpaired) electrons. The molecule has 0 bridgehead atoms. The van der Waals surface area contributed by atoms with Gasteiger partial charge in [0.1, 0.15) is 25.1 Å². The van der Waals surface area contributed by atoms with Gasteiger partial charge in [-0.2, -0.15) is 0 Å². The van der Waals surface area contributed by atoms with Gasteiger partial charge in [0.25, 0.3) is 0 Å². The van der Waals surface area contributed by atoms with Crippen LogP contribution in [-0.4, -0.2) is 67.3 Å². The molecule has 1 heterocycles. The number of hydrogen-bond acceptors (Lipinski definition) is 10. The number of ether oxygens (including phenoxy) is 5.